The maximum absolute atomic E-state index is 11.8. The molecule has 0 saturated carbocycles. The lowest BCUT2D eigenvalue weighted by Crippen LogP contribution is -2.23. The SMILES string of the molecule is C=CCNC(=O)c1ccc(NCCc2nc3c(s2)CCCC3)nc1. The molecule has 6 heteroatoms. The molecule has 5 nitrogen and oxygen atoms in total. The minimum atomic E-state index is -0.137. The zero-order chi connectivity index (χ0) is 16.8. The smallest absolute Gasteiger partial charge is 0.253 e. The van der Waals surface area contributed by atoms with Crippen LogP contribution in [0.5, 0.6) is 0 Å². The fourth-order valence-electron chi connectivity index (χ4n) is 2.71. The fraction of sp³-hybridized carbons (Fsp3) is 0.389. The van der Waals surface area contributed by atoms with Gasteiger partial charge in [0.25, 0.3) is 5.91 Å². The topological polar surface area (TPSA) is 66.9 Å². The van der Waals surface area contributed by atoms with Gasteiger partial charge >= 0.3 is 0 Å². The number of carbonyl (C=O) groups excluding carboxylic acids is 1. The molecule has 126 valence electrons. The number of carbonyl (C=O) groups is 1. The second-order valence-corrected chi connectivity index (χ2v) is 6.96. The number of rotatable bonds is 7. The van der Waals surface area contributed by atoms with Crippen molar-refractivity contribution in [2.45, 2.75) is 32.1 Å². The van der Waals surface area contributed by atoms with E-state index in [9.17, 15) is 4.79 Å². The number of pyridine rings is 1. The summed E-state index contributed by atoms with van der Waals surface area (Å²) in [6.45, 7) is 4.82. The molecule has 3 rings (SSSR count). The Morgan fingerprint density at radius 2 is 2.21 bits per heavy atom. The second-order valence-electron chi connectivity index (χ2n) is 5.79. The van der Waals surface area contributed by atoms with Crippen molar-refractivity contribution in [1.82, 2.24) is 15.3 Å². The third-order valence-electron chi connectivity index (χ3n) is 3.97. The van der Waals surface area contributed by atoms with Gasteiger partial charge in [-0.25, -0.2) is 9.97 Å². The molecule has 1 aliphatic rings. The van der Waals surface area contributed by atoms with Gasteiger partial charge in [0.15, 0.2) is 0 Å². The Balaban J connectivity index is 1.49. The average molecular weight is 342 g/mol. The van der Waals surface area contributed by atoms with Crippen molar-refractivity contribution in [3.05, 3.63) is 52.1 Å². The number of aryl methyl sites for hydroxylation is 2. The van der Waals surface area contributed by atoms with Gasteiger partial charge in [-0.2, -0.15) is 0 Å². The first-order valence-corrected chi connectivity index (χ1v) is 9.14. The van der Waals surface area contributed by atoms with Crippen molar-refractivity contribution in [3.8, 4) is 0 Å². The molecule has 0 aromatic carbocycles. The first-order valence-electron chi connectivity index (χ1n) is 8.33. The normalized spacial score (nSPS) is 13.2. The van der Waals surface area contributed by atoms with E-state index < -0.39 is 0 Å². The highest BCUT2D eigenvalue weighted by Gasteiger charge is 2.14. The molecule has 0 atom stereocenters. The van der Waals surface area contributed by atoms with Gasteiger partial charge < -0.3 is 10.6 Å². The van der Waals surface area contributed by atoms with E-state index in [1.165, 1.54) is 34.8 Å². The lowest BCUT2D eigenvalue weighted by atomic mass is 10.0. The highest BCUT2D eigenvalue weighted by molar-refractivity contribution is 7.11. The highest BCUT2D eigenvalue weighted by atomic mass is 32.1. The van der Waals surface area contributed by atoms with Gasteiger partial charge in [-0.1, -0.05) is 6.08 Å². The predicted octanol–water partition coefficient (Wildman–Crippen LogP) is 2.99. The number of hydrogen-bond acceptors (Lipinski definition) is 5. The van der Waals surface area contributed by atoms with E-state index in [0.29, 0.717) is 12.1 Å². The molecule has 1 amide bonds. The Morgan fingerprint density at radius 1 is 1.33 bits per heavy atom. The Kier molecular flexibility index (Phi) is 5.59. The second kappa shape index (κ2) is 8.06. The predicted molar refractivity (Wildman–Crippen MR) is 97.7 cm³/mol. The van der Waals surface area contributed by atoms with Gasteiger partial charge in [-0.15, -0.1) is 17.9 Å². The monoisotopic (exact) mass is 342 g/mol. The Hall–Kier alpha value is -2.21. The molecule has 0 aliphatic heterocycles. The molecular weight excluding hydrogens is 320 g/mol. The summed E-state index contributed by atoms with van der Waals surface area (Å²) in [5, 5.41) is 7.23. The van der Waals surface area contributed by atoms with Crippen LogP contribution in [0.3, 0.4) is 0 Å². The van der Waals surface area contributed by atoms with Gasteiger partial charge in [0.05, 0.1) is 16.3 Å². The molecule has 1 aliphatic carbocycles. The summed E-state index contributed by atoms with van der Waals surface area (Å²) >= 11 is 1.85. The van der Waals surface area contributed by atoms with Gasteiger partial charge in [0.1, 0.15) is 5.82 Å². The van der Waals surface area contributed by atoms with E-state index >= 15 is 0 Å². The van der Waals surface area contributed by atoms with Gasteiger partial charge in [-0.05, 0) is 37.8 Å². The van der Waals surface area contributed by atoms with Crippen molar-refractivity contribution in [1.29, 1.82) is 0 Å². The summed E-state index contributed by atoms with van der Waals surface area (Å²) in [6.07, 6.45) is 9.03. The van der Waals surface area contributed by atoms with Crippen LogP contribution in [-0.2, 0) is 19.3 Å². The Morgan fingerprint density at radius 3 is 2.96 bits per heavy atom. The Bertz CT molecular complexity index is 685. The minimum absolute atomic E-state index is 0.137. The van der Waals surface area contributed by atoms with Gasteiger partial charge in [0, 0.05) is 30.6 Å². The molecule has 0 bridgehead atoms. The van der Waals surface area contributed by atoms with E-state index in [2.05, 4.69) is 22.2 Å². The van der Waals surface area contributed by atoms with Gasteiger partial charge in [-0.3, -0.25) is 4.79 Å². The third-order valence-corrected chi connectivity index (χ3v) is 5.18. The van der Waals surface area contributed by atoms with Crippen LogP contribution in [0.2, 0.25) is 0 Å². The number of hydrogen-bond donors (Lipinski definition) is 2. The summed E-state index contributed by atoms with van der Waals surface area (Å²) in [5.74, 6) is 0.638. The van der Waals surface area contributed by atoms with Crippen LogP contribution < -0.4 is 10.6 Å². The Labute approximate surface area is 146 Å². The largest absolute Gasteiger partial charge is 0.370 e. The van der Waals surface area contributed by atoms with E-state index in [1.54, 1.807) is 18.3 Å². The molecule has 24 heavy (non-hydrogen) atoms. The number of amides is 1. The summed E-state index contributed by atoms with van der Waals surface area (Å²) in [6, 6.07) is 3.60. The number of thiazole rings is 1. The van der Waals surface area contributed by atoms with Crippen LogP contribution >= 0.6 is 11.3 Å². The molecule has 0 unspecified atom stereocenters. The number of anilines is 1. The van der Waals surface area contributed by atoms with Crippen molar-refractivity contribution in [2.75, 3.05) is 18.4 Å². The average Bonchev–Trinajstić information content (AvgIpc) is 3.03. The quantitative estimate of drug-likeness (QED) is 0.759. The van der Waals surface area contributed by atoms with E-state index in [0.717, 1.165) is 25.2 Å². The van der Waals surface area contributed by atoms with Crippen molar-refractivity contribution >= 4 is 23.1 Å². The first-order chi connectivity index (χ1) is 11.8. The summed E-state index contributed by atoms with van der Waals surface area (Å²) < 4.78 is 0. The number of fused-ring (bicyclic) bond motifs is 1. The number of aromatic nitrogens is 2. The highest BCUT2D eigenvalue weighted by Crippen LogP contribution is 2.26. The van der Waals surface area contributed by atoms with E-state index in [-0.39, 0.29) is 5.91 Å². The van der Waals surface area contributed by atoms with Gasteiger partial charge in [0.2, 0.25) is 0 Å². The number of nitrogens with zero attached hydrogens (tertiary/aromatic N) is 2. The molecule has 0 fully saturated rings. The van der Waals surface area contributed by atoms with Crippen molar-refractivity contribution < 1.29 is 4.79 Å². The molecule has 0 radical (unpaired) electrons. The molecular formula is C18H22N4OS. The van der Waals surface area contributed by atoms with Crippen LogP contribution in [0.15, 0.2) is 31.0 Å². The van der Waals surface area contributed by atoms with Crippen LogP contribution in [0, 0.1) is 0 Å². The summed E-state index contributed by atoms with van der Waals surface area (Å²) in [4.78, 5) is 22.3. The van der Waals surface area contributed by atoms with Crippen LogP contribution in [0.4, 0.5) is 5.82 Å². The third kappa shape index (κ3) is 4.20. The zero-order valence-electron chi connectivity index (χ0n) is 13.7. The lowest BCUT2D eigenvalue weighted by molar-refractivity contribution is 0.0957. The molecule has 2 N–H and O–H groups in total. The molecule has 2 heterocycles. The summed E-state index contributed by atoms with van der Waals surface area (Å²) in [7, 11) is 0. The first kappa shape index (κ1) is 16.6. The van der Waals surface area contributed by atoms with E-state index in [4.69, 9.17) is 4.98 Å². The summed E-state index contributed by atoms with van der Waals surface area (Å²) in [5.41, 5.74) is 1.87. The number of nitrogens with one attached hydrogen (secondary N) is 2. The molecule has 0 saturated heterocycles. The molecule has 2 aromatic rings. The van der Waals surface area contributed by atoms with Crippen LogP contribution in [0.1, 0.15) is 38.8 Å². The molecule has 2 aromatic heterocycles. The maximum Gasteiger partial charge on any atom is 0.253 e. The lowest BCUT2D eigenvalue weighted by Gasteiger charge is -2.06. The van der Waals surface area contributed by atoms with Crippen molar-refractivity contribution in [2.24, 2.45) is 0 Å². The fourth-order valence-corrected chi connectivity index (χ4v) is 3.87. The zero-order valence-corrected chi connectivity index (χ0v) is 14.5. The molecule has 0 spiro atoms. The van der Waals surface area contributed by atoms with E-state index in [1.807, 2.05) is 17.4 Å². The minimum Gasteiger partial charge on any atom is -0.370 e. The van der Waals surface area contributed by atoms with Crippen molar-refractivity contribution in [3.63, 3.8) is 0 Å². The standard InChI is InChI=1S/C18H22N4OS/c1-2-10-20-18(23)13-7-8-16(21-12-13)19-11-9-17-22-14-5-3-4-6-15(14)24-17/h2,7-8,12H,1,3-6,9-11H2,(H,19,21)(H,20,23). The maximum atomic E-state index is 11.8. The van der Waals surface area contributed by atoms with Crippen LogP contribution in [-0.4, -0.2) is 29.0 Å². The van der Waals surface area contributed by atoms with Crippen LogP contribution in [0.25, 0.3) is 0 Å².